The van der Waals surface area contributed by atoms with Gasteiger partial charge in [0.15, 0.2) is 0 Å². The Morgan fingerprint density at radius 1 is 1.03 bits per heavy atom. The molecule has 0 aromatic heterocycles. The van der Waals surface area contributed by atoms with E-state index in [1.807, 2.05) is 18.7 Å². The van der Waals surface area contributed by atoms with Crippen molar-refractivity contribution in [2.24, 2.45) is 5.92 Å². The fourth-order valence-corrected chi connectivity index (χ4v) is 6.23. The number of likely N-dealkylation sites (tertiary alicyclic amines) is 3. The van der Waals surface area contributed by atoms with Gasteiger partial charge in [0.2, 0.25) is 5.91 Å². The van der Waals surface area contributed by atoms with Gasteiger partial charge in [0.1, 0.15) is 0 Å². The molecule has 4 aliphatic rings. The highest BCUT2D eigenvalue weighted by Crippen LogP contribution is 2.40. The number of amides is 2. The summed E-state index contributed by atoms with van der Waals surface area (Å²) in [6.07, 6.45) is 9.82. The lowest BCUT2D eigenvalue weighted by Crippen LogP contribution is -2.58. The van der Waals surface area contributed by atoms with Crippen LogP contribution in [0.5, 0.6) is 0 Å². The lowest BCUT2D eigenvalue weighted by molar-refractivity contribution is -0.132. The fraction of sp³-hybridized carbons (Fsp3) is 0.913. The van der Waals surface area contributed by atoms with E-state index in [4.69, 9.17) is 4.74 Å². The van der Waals surface area contributed by atoms with Gasteiger partial charge in [0, 0.05) is 50.2 Å². The highest BCUT2D eigenvalue weighted by molar-refractivity contribution is 5.79. The second kappa shape index (κ2) is 8.44. The van der Waals surface area contributed by atoms with E-state index in [0.717, 1.165) is 58.3 Å². The summed E-state index contributed by atoms with van der Waals surface area (Å²) in [7, 11) is 0. The minimum Gasteiger partial charge on any atom is -0.447 e. The Labute approximate surface area is 175 Å². The van der Waals surface area contributed by atoms with Crippen molar-refractivity contribution in [3.8, 4) is 0 Å². The molecule has 29 heavy (non-hydrogen) atoms. The van der Waals surface area contributed by atoms with Gasteiger partial charge in [-0.1, -0.05) is 12.8 Å². The molecule has 0 N–H and O–H groups in total. The Morgan fingerprint density at radius 3 is 2.34 bits per heavy atom. The maximum Gasteiger partial charge on any atom is 0.410 e. The van der Waals surface area contributed by atoms with Crippen molar-refractivity contribution in [3.05, 3.63) is 0 Å². The van der Waals surface area contributed by atoms with Crippen molar-refractivity contribution in [3.63, 3.8) is 0 Å². The van der Waals surface area contributed by atoms with Crippen LogP contribution in [-0.2, 0) is 9.53 Å². The van der Waals surface area contributed by atoms with Crippen molar-refractivity contribution in [1.82, 2.24) is 14.7 Å². The average Bonchev–Trinajstić information content (AvgIpc) is 3.04. The minimum atomic E-state index is -0.171. The van der Waals surface area contributed by atoms with Crippen LogP contribution in [0.2, 0.25) is 0 Å². The van der Waals surface area contributed by atoms with Crippen molar-refractivity contribution in [2.45, 2.75) is 102 Å². The molecule has 1 aliphatic carbocycles. The highest BCUT2D eigenvalue weighted by Gasteiger charge is 2.46. The van der Waals surface area contributed by atoms with E-state index in [9.17, 15) is 9.59 Å². The molecule has 164 valence electrons. The first-order valence-electron chi connectivity index (χ1n) is 11.9. The standard InChI is InChI=1S/C23H39N3O3/c1-17(2)29-22(28)24-14-10-23(3,11-15-24)25-12-8-19(9-13-25)26-20-7-5-4-6-18(20)16-21(26)27/h17-20H,4-16H2,1-3H3/t18?,20-/m0/s1. The maximum atomic E-state index is 12.7. The first kappa shape index (κ1) is 21.0. The van der Waals surface area contributed by atoms with E-state index in [0.29, 0.717) is 23.9 Å². The molecule has 2 amide bonds. The van der Waals surface area contributed by atoms with Crippen LogP contribution in [0, 0.1) is 5.92 Å². The summed E-state index contributed by atoms with van der Waals surface area (Å²) in [5.41, 5.74) is 0.155. The number of hydrogen-bond acceptors (Lipinski definition) is 4. The molecule has 0 spiro atoms. The lowest BCUT2D eigenvalue weighted by atomic mass is 9.83. The number of piperidine rings is 2. The number of carbonyl (C=O) groups is 2. The molecular weight excluding hydrogens is 366 g/mol. The number of rotatable bonds is 3. The van der Waals surface area contributed by atoms with E-state index in [1.54, 1.807) is 0 Å². The number of carbonyl (C=O) groups excluding carboxylic acids is 2. The molecule has 0 aromatic rings. The summed E-state index contributed by atoms with van der Waals surface area (Å²) in [5, 5.41) is 0. The third kappa shape index (κ3) is 4.28. The zero-order valence-corrected chi connectivity index (χ0v) is 18.6. The van der Waals surface area contributed by atoms with Gasteiger partial charge in [-0.2, -0.15) is 0 Å². The molecule has 4 rings (SSSR count). The molecule has 1 saturated carbocycles. The van der Waals surface area contributed by atoms with Crippen LogP contribution in [0.25, 0.3) is 0 Å². The highest BCUT2D eigenvalue weighted by atomic mass is 16.6. The predicted molar refractivity (Wildman–Crippen MR) is 113 cm³/mol. The Bertz CT molecular complexity index is 606. The van der Waals surface area contributed by atoms with Crippen LogP contribution < -0.4 is 0 Å². The summed E-state index contributed by atoms with van der Waals surface area (Å²) in [4.78, 5) is 31.7. The van der Waals surface area contributed by atoms with E-state index in [1.165, 1.54) is 25.7 Å². The van der Waals surface area contributed by atoms with Crippen LogP contribution in [0.4, 0.5) is 4.79 Å². The molecule has 6 heteroatoms. The Balaban J connectivity index is 1.29. The predicted octanol–water partition coefficient (Wildman–Crippen LogP) is 3.64. The van der Waals surface area contributed by atoms with E-state index >= 15 is 0 Å². The molecule has 0 radical (unpaired) electrons. The molecular formula is C23H39N3O3. The van der Waals surface area contributed by atoms with Crippen LogP contribution in [0.3, 0.4) is 0 Å². The Morgan fingerprint density at radius 2 is 1.69 bits per heavy atom. The van der Waals surface area contributed by atoms with Crippen molar-refractivity contribution in [2.75, 3.05) is 26.2 Å². The van der Waals surface area contributed by atoms with E-state index < -0.39 is 0 Å². The zero-order valence-electron chi connectivity index (χ0n) is 18.6. The first-order valence-corrected chi connectivity index (χ1v) is 11.9. The van der Waals surface area contributed by atoms with Crippen LogP contribution in [0.1, 0.15) is 78.6 Å². The van der Waals surface area contributed by atoms with E-state index in [-0.39, 0.29) is 17.7 Å². The molecule has 1 unspecified atom stereocenters. The van der Waals surface area contributed by atoms with Crippen LogP contribution in [-0.4, -0.2) is 76.6 Å². The van der Waals surface area contributed by atoms with E-state index in [2.05, 4.69) is 16.7 Å². The summed E-state index contributed by atoms with van der Waals surface area (Å²) in [5.74, 6) is 1.05. The largest absolute Gasteiger partial charge is 0.447 e. The third-order valence-electron chi connectivity index (χ3n) is 8.01. The Kier molecular flexibility index (Phi) is 6.10. The van der Waals surface area contributed by atoms with Gasteiger partial charge in [0.05, 0.1) is 6.10 Å². The molecule has 0 bridgehead atoms. The third-order valence-corrected chi connectivity index (χ3v) is 8.01. The summed E-state index contributed by atoms with van der Waals surface area (Å²) in [6.45, 7) is 9.84. The summed E-state index contributed by atoms with van der Waals surface area (Å²) >= 11 is 0. The van der Waals surface area contributed by atoms with Crippen molar-refractivity contribution in [1.29, 1.82) is 0 Å². The number of nitrogens with zero attached hydrogens (tertiary/aromatic N) is 3. The van der Waals surface area contributed by atoms with Crippen LogP contribution >= 0.6 is 0 Å². The quantitative estimate of drug-likeness (QED) is 0.719. The first-order chi connectivity index (χ1) is 13.9. The SMILES string of the molecule is CC(C)OC(=O)N1CCC(C)(N2CCC(N3C(=O)CC4CCCC[C@@H]43)CC2)CC1. The van der Waals surface area contributed by atoms with Crippen molar-refractivity contribution >= 4 is 12.0 Å². The number of ether oxygens (including phenoxy) is 1. The zero-order chi connectivity index (χ0) is 20.6. The van der Waals surface area contributed by atoms with Gasteiger partial charge in [-0.3, -0.25) is 9.69 Å². The van der Waals surface area contributed by atoms with Gasteiger partial charge >= 0.3 is 6.09 Å². The Hall–Kier alpha value is -1.30. The molecule has 0 aromatic carbocycles. The minimum absolute atomic E-state index is 0.0631. The molecule has 6 nitrogen and oxygen atoms in total. The lowest BCUT2D eigenvalue weighted by Gasteiger charge is -2.50. The summed E-state index contributed by atoms with van der Waals surface area (Å²) < 4.78 is 5.36. The van der Waals surface area contributed by atoms with Crippen molar-refractivity contribution < 1.29 is 14.3 Å². The molecule has 2 atom stereocenters. The van der Waals surface area contributed by atoms with Gasteiger partial charge in [0.25, 0.3) is 0 Å². The number of fused-ring (bicyclic) bond motifs is 1. The van der Waals surface area contributed by atoms with Gasteiger partial charge < -0.3 is 14.5 Å². The smallest absolute Gasteiger partial charge is 0.410 e. The van der Waals surface area contributed by atoms with Gasteiger partial charge in [-0.15, -0.1) is 0 Å². The second-order valence-corrected chi connectivity index (χ2v) is 10.3. The maximum absolute atomic E-state index is 12.7. The second-order valence-electron chi connectivity index (χ2n) is 10.3. The average molecular weight is 406 g/mol. The van der Waals surface area contributed by atoms with Gasteiger partial charge in [-0.25, -0.2) is 4.79 Å². The normalized spacial score (nSPS) is 31.2. The monoisotopic (exact) mass is 405 g/mol. The van der Waals surface area contributed by atoms with Crippen LogP contribution in [0.15, 0.2) is 0 Å². The summed E-state index contributed by atoms with van der Waals surface area (Å²) in [6, 6.07) is 0.968. The van der Waals surface area contributed by atoms with Gasteiger partial charge in [-0.05, 0) is 65.2 Å². The number of hydrogen-bond donors (Lipinski definition) is 0. The molecule has 4 fully saturated rings. The fourth-order valence-electron chi connectivity index (χ4n) is 6.23. The molecule has 3 aliphatic heterocycles. The topological polar surface area (TPSA) is 53.1 Å². The molecule has 3 heterocycles. The molecule has 3 saturated heterocycles.